The Hall–Kier alpha value is -3.85. The molecule has 0 spiro atoms. The van der Waals surface area contributed by atoms with Gasteiger partial charge < -0.3 is 23.9 Å². The van der Waals surface area contributed by atoms with Crippen LogP contribution >= 0.6 is 0 Å². The molecule has 2 aromatic carbocycles. The van der Waals surface area contributed by atoms with Gasteiger partial charge in [-0.15, -0.1) is 0 Å². The van der Waals surface area contributed by atoms with Crippen LogP contribution in [0.2, 0.25) is 0 Å². The van der Waals surface area contributed by atoms with Crippen LogP contribution in [0.3, 0.4) is 0 Å². The van der Waals surface area contributed by atoms with Gasteiger partial charge in [-0.2, -0.15) is 0 Å². The minimum Gasteiger partial charge on any atom is -0.489 e. The fourth-order valence-electron chi connectivity index (χ4n) is 3.42. The zero-order valence-electron chi connectivity index (χ0n) is 19.0. The van der Waals surface area contributed by atoms with Crippen molar-refractivity contribution in [2.24, 2.45) is 0 Å². The van der Waals surface area contributed by atoms with E-state index in [4.69, 9.17) is 13.7 Å². The van der Waals surface area contributed by atoms with E-state index < -0.39 is 5.76 Å². The van der Waals surface area contributed by atoms with Gasteiger partial charge in [-0.25, -0.2) is 4.79 Å². The number of anilines is 1. The monoisotopic (exact) mass is 450 g/mol. The molecular formula is C24H26N4O5. The third kappa shape index (κ3) is 4.98. The van der Waals surface area contributed by atoms with Crippen molar-refractivity contribution in [3.63, 3.8) is 0 Å². The van der Waals surface area contributed by atoms with Crippen molar-refractivity contribution in [1.29, 1.82) is 0 Å². The van der Waals surface area contributed by atoms with E-state index >= 15 is 0 Å². The molecule has 2 heterocycles. The summed E-state index contributed by atoms with van der Waals surface area (Å²) in [6.45, 7) is 5.23. The third-order valence-corrected chi connectivity index (χ3v) is 5.38. The molecule has 1 amide bonds. The summed E-state index contributed by atoms with van der Waals surface area (Å²) in [5, 5.41) is 6.79. The van der Waals surface area contributed by atoms with Crippen molar-refractivity contribution in [2.45, 2.75) is 27.0 Å². The van der Waals surface area contributed by atoms with E-state index in [2.05, 4.69) is 10.5 Å². The number of carbonyl (C=O) groups excluding carboxylic acids is 1. The number of nitrogens with one attached hydrogen (secondary N) is 1. The average Bonchev–Trinajstić information content (AvgIpc) is 3.28. The minimum atomic E-state index is -0.414. The Labute approximate surface area is 190 Å². The number of likely N-dealkylation sites (N-methyl/N-ethyl adjacent to an activating group) is 1. The number of rotatable bonds is 8. The van der Waals surface area contributed by atoms with Gasteiger partial charge in [0.05, 0.1) is 16.8 Å². The van der Waals surface area contributed by atoms with Crippen LogP contribution in [0.1, 0.15) is 27.4 Å². The summed E-state index contributed by atoms with van der Waals surface area (Å²) in [5.41, 5.74) is 3.89. The summed E-state index contributed by atoms with van der Waals surface area (Å²) < 4.78 is 17.8. The second-order valence-corrected chi connectivity index (χ2v) is 8.08. The first kappa shape index (κ1) is 22.3. The van der Waals surface area contributed by atoms with Gasteiger partial charge in [-0.1, -0.05) is 5.16 Å². The first-order valence-electron chi connectivity index (χ1n) is 10.6. The quantitative estimate of drug-likeness (QED) is 0.438. The Morgan fingerprint density at radius 3 is 2.58 bits per heavy atom. The van der Waals surface area contributed by atoms with Crippen LogP contribution in [0.5, 0.6) is 5.75 Å². The second-order valence-electron chi connectivity index (χ2n) is 8.08. The molecule has 0 bridgehead atoms. The average molecular weight is 450 g/mol. The van der Waals surface area contributed by atoms with Gasteiger partial charge in [-0.3, -0.25) is 9.36 Å². The summed E-state index contributed by atoms with van der Waals surface area (Å²) in [7, 11) is 3.87. The number of ether oxygens (including phenoxy) is 1. The highest BCUT2D eigenvalue weighted by atomic mass is 16.5. The zero-order valence-corrected chi connectivity index (χ0v) is 19.0. The van der Waals surface area contributed by atoms with Crippen LogP contribution in [-0.2, 0) is 13.2 Å². The number of carbonyl (C=O) groups is 1. The molecule has 9 nitrogen and oxygen atoms in total. The summed E-state index contributed by atoms with van der Waals surface area (Å²) in [6.07, 6.45) is 0. The van der Waals surface area contributed by atoms with E-state index in [1.54, 1.807) is 47.0 Å². The first-order chi connectivity index (χ1) is 15.8. The molecule has 9 heteroatoms. The lowest BCUT2D eigenvalue weighted by Crippen LogP contribution is -2.23. The second kappa shape index (κ2) is 9.33. The summed E-state index contributed by atoms with van der Waals surface area (Å²) >= 11 is 0. The fourth-order valence-corrected chi connectivity index (χ4v) is 3.42. The van der Waals surface area contributed by atoms with E-state index in [-0.39, 0.29) is 5.91 Å². The van der Waals surface area contributed by atoms with Gasteiger partial charge in [-0.05, 0) is 70.4 Å². The predicted octanol–water partition coefficient (Wildman–Crippen LogP) is 3.59. The molecule has 1 N–H and O–H groups in total. The van der Waals surface area contributed by atoms with Crippen molar-refractivity contribution in [2.75, 3.05) is 26.0 Å². The molecule has 0 unspecified atom stereocenters. The standard InChI is InChI=1S/C24H26N4O5/c1-15-20(16(2)33-26-15)14-31-19-8-5-17(6-9-19)23(29)25-18-7-10-22-21(13-18)28(24(30)32-22)12-11-27(3)4/h5-10,13H,11-12,14H2,1-4H3,(H,25,29). The highest BCUT2D eigenvalue weighted by molar-refractivity contribution is 6.05. The smallest absolute Gasteiger partial charge is 0.419 e. The molecule has 4 aromatic rings. The predicted molar refractivity (Wildman–Crippen MR) is 124 cm³/mol. The Morgan fingerprint density at radius 1 is 1.15 bits per heavy atom. The van der Waals surface area contributed by atoms with Crippen molar-refractivity contribution in [3.8, 4) is 5.75 Å². The van der Waals surface area contributed by atoms with Crippen molar-refractivity contribution in [3.05, 3.63) is 75.6 Å². The van der Waals surface area contributed by atoms with Gasteiger partial charge in [0.2, 0.25) is 0 Å². The van der Waals surface area contributed by atoms with Crippen LogP contribution in [0, 0.1) is 13.8 Å². The molecule has 2 aromatic heterocycles. The van der Waals surface area contributed by atoms with E-state index in [9.17, 15) is 9.59 Å². The van der Waals surface area contributed by atoms with E-state index in [0.29, 0.717) is 47.8 Å². The minimum absolute atomic E-state index is 0.266. The third-order valence-electron chi connectivity index (χ3n) is 5.38. The van der Waals surface area contributed by atoms with Crippen LogP contribution in [0.25, 0.3) is 11.1 Å². The zero-order chi connectivity index (χ0) is 23.5. The maximum Gasteiger partial charge on any atom is 0.419 e. The molecule has 33 heavy (non-hydrogen) atoms. The molecule has 0 radical (unpaired) electrons. The van der Waals surface area contributed by atoms with E-state index in [0.717, 1.165) is 17.0 Å². The van der Waals surface area contributed by atoms with Crippen LogP contribution < -0.4 is 15.8 Å². The number of fused-ring (bicyclic) bond motifs is 1. The number of nitrogens with zero attached hydrogens (tertiary/aromatic N) is 3. The molecular weight excluding hydrogens is 424 g/mol. The summed E-state index contributed by atoms with van der Waals surface area (Å²) in [6, 6.07) is 12.0. The summed E-state index contributed by atoms with van der Waals surface area (Å²) in [4.78, 5) is 26.9. The molecule has 0 aliphatic carbocycles. The maximum atomic E-state index is 12.7. The van der Waals surface area contributed by atoms with Gasteiger partial charge in [0.25, 0.3) is 5.91 Å². The normalized spacial score (nSPS) is 11.3. The molecule has 0 atom stereocenters. The van der Waals surface area contributed by atoms with Crippen LogP contribution in [-0.4, -0.2) is 41.2 Å². The highest BCUT2D eigenvalue weighted by Gasteiger charge is 2.13. The molecule has 0 aliphatic heterocycles. The highest BCUT2D eigenvalue weighted by Crippen LogP contribution is 2.21. The topological polar surface area (TPSA) is 103 Å². The number of hydrogen-bond donors (Lipinski definition) is 1. The van der Waals surface area contributed by atoms with Crippen molar-refractivity contribution in [1.82, 2.24) is 14.6 Å². The van der Waals surface area contributed by atoms with Crippen LogP contribution in [0.4, 0.5) is 5.69 Å². The van der Waals surface area contributed by atoms with E-state index in [1.807, 2.05) is 32.8 Å². The van der Waals surface area contributed by atoms with Crippen molar-refractivity contribution >= 4 is 22.7 Å². The molecule has 0 fully saturated rings. The number of hydrogen-bond acceptors (Lipinski definition) is 7. The van der Waals surface area contributed by atoms with Gasteiger partial charge in [0, 0.05) is 24.3 Å². The number of aryl methyl sites for hydroxylation is 2. The molecule has 0 aliphatic rings. The molecule has 172 valence electrons. The lowest BCUT2D eigenvalue weighted by atomic mass is 10.2. The number of amides is 1. The lowest BCUT2D eigenvalue weighted by molar-refractivity contribution is 0.102. The summed E-state index contributed by atoms with van der Waals surface area (Å²) in [5.74, 6) is 0.682. The lowest BCUT2D eigenvalue weighted by Gasteiger charge is -2.10. The fraction of sp³-hybridized carbons (Fsp3) is 0.292. The van der Waals surface area contributed by atoms with Crippen LogP contribution in [0.15, 0.2) is 56.2 Å². The Bertz CT molecular complexity index is 1310. The van der Waals surface area contributed by atoms with Crippen molar-refractivity contribution < 1.29 is 18.5 Å². The molecule has 0 saturated carbocycles. The number of aromatic nitrogens is 2. The van der Waals surface area contributed by atoms with Gasteiger partial charge >= 0.3 is 5.76 Å². The molecule has 0 saturated heterocycles. The largest absolute Gasteiger partial charge is 0.489 e. The Morgan fingerprint density at radius 2 is 1.91 bits per heavy atom. The van der Waals surface area contributed by atoms with Gasteiger partial charge in [0.1, 0.15) is 18.1 Å². The number of benzene rings is 2. The first-order valence-corrected chi connectivity index (χ1v) is 10.6. The van der Waals surface area contributed by atoms with E-state index in [1.165, 1.54) is 0 Å². The maximum absolute atomic E-state index is 12.7. The Balaban J connectivity index is 1.44. The SMILES string of the molecule is Cc1noc(C)c1COc1ccc(C(=O)Nc2ccc3oc(=O)n(CCN(C)C)c3c2)cc1. The molecule has 4 rings (SSSR count). The Kier molecular flexibility index (Phi) is 6.32. The van der Waals surface area contributed by atoms with Gasteiger partial charge in [0.15, 0.2) is 5.58 Å². The number of oxazole rings is 1.